The van der Waals surface area contributed by atoms with Crippen LogP contribution in [0.4, 0.5) is 13.2 Å². The van der Waals surface area contributed by atoms with Gasteiger partial charge >= 0.3 is 6.18 Å². The summed E-state index contributed by atoms with van der Waals surface area (Å²) in [5, 5.41) is 19.3. The molecule has 0 saturated heterocycles. The van der Waals surface area contributed by atoms with Crippen molar-refractivity contribution in [1.29, 1.82) is 0 Å². The van der Waals surface area contributed by atoms with E-state index in [1.54, 1.807) is 0 Å². The van der Waals surface area contributed by atoms with Gasteiger partial charge in [-0.05, 0) is 30.3 Å². The second-order valence-electron chi connectivity index (χ2n) is 6.29. The summed E-state index contributed by atoms with van der Waals surface area (Å²) in [5.74, 6) is -1.22. The Morgan fingerprint density at radius 2 is 1.71 bits per heavy atom. The number of phenols is 2. The van der Waals surface area contributed by atoms with Gasteiger partial charge < -0.3 is 19.4 Å². The molecule has 2 heterocycles. The average Bonchev–Trinajstić information content (AvgIpc) is 3.24. The van der Waals surface area contributed by atoms with E-state index in [9.17, 15) is 28.2 Å². The molecule has 0 amide bonds. The lowest BCUT2D eigenvalue weighted by molar-refractivity contribution is -0.137. The molecular formula is C20H13F3O5. The van der Waals surface area contributed by atoms with Crippen LogP contribution < -0.4 is 4.74 Å². The summed E-state index contributed by atoms with van der Waals surface area (Å²) in [6.07, 6.45) is -5.59. The molecule has 0 fully saturated rings. The van der Waals surface area contributed by atoms with Crippen molar-refractivity contribution in [1.82, 2.24) is 0 Å². The Bertz CT molecular complexity index is 1070. The number of carbonyl (C=O) groups excluding carboxylic acids is 1. The molecule has 2 N–H and O–H groups in total. The zero-order valence-corrected chi connectivity index (χ0v) is 14.2. The van der Waals surface area contributed by atoms with Gasteiger partial charge in [0.25, 0.3) is 0 Å². The number of Topliss-reactive ketones (excluding diaryl/α,β-unsaturated/α-hetero) is 1. The van der Waals surface area contributed by atoms with Gasteiger partial charge in [0.1, 0.15) is 11.5 Å². The lowest BCUT2D eigenvalue weighted by atomic mass is 10.0. The van der Waals surface area contributed by atoms with Gasteiger partial charge in [-0.1, -0.05) is 18.2 Å². The molecule has 0 saturated carbocycles. The summed E-state index contributed by atoms with van der Waals surface area (Å²) < 4.78 is 50.5. The number of benzene rings is 2. The number of aromatic hydroxyl groups is 2. The van der Waals surface area contributed by atoms with Crippen molar-refractivity contribution in [3.63, 3.8) is 0 Å². The molecule has 1 aromatic heterocycles. The number of hydrogen-bond acceptors (Lipinski definition) is 5. The van der Waals surface area contributed by atoms with Crippen LogP contribution in [0.1, 0.15) is 21.7 Å². The lowest BCUT2D eigenvalue weighted by Crippen LogP contribution is -2.22. The van der Waals surface area contributed by atoms with E-state index in [2.05, 4.69) is 0 Å². The van der Waals surface area contributed by atoms with Crippen LogP contribution >= 0.6 is 0 Å². The fourth-order valence-corrected chi connectivity index (χ4v) is 3.14. The largest absolute Gasteiger partial charge is 0.504 e. The molecule has 2 aromatic carbocycles. The van der Waals surface area contributed by atoms with E-state index in [-0.39, 0.29) is 34.8 Å². The maximum atomic E-state index is 13.2. The zero-order valence-electron chi connectivity index (χ0n) is 14.2. The maximum Gasteiger partial charge on any atom is 0.417 e. The number of rotatable bonds is 3. The highest BCUT2D eigenvalue weighted by Gasteiger charge is 2.37. The minimum atomic E-state index is -4.53. The summed E-state index contributed by atoms with van der Waals surface area (Å²) in [6.45, 7) is 0. The van der Waals surface area contributed by atoms with Gasteiger partial charge in [-0.2, -0.15) is 13.2 Å². The van der Waals surface area contributed by atoms with Crippen LogP contribution in [-0.2, 0) is 12.6 Å². The van der Waals surface area contributed by atoms with Gasteiger partial charge in [0.2, 0.25) is 11.5 Å². The van der Waals surface area contributed by atoms with Crippen molar-refractivity contribution in [2.45, 2.75) is 18.7 Å². The fourth-order valence-electron chi connectivity index (χ4n) is 3.14. The van der Waals surface area contributed by atoms with Crippen LogP contribution in [0.15, 0.2) is 52.9 Å². The van der Waals surface area contributed by atoms with E-state index in [0.29, 0.717) is 0 Å². The van der Waals surface area contributed by atoms with Gasteiger partial charge in [0, 0.05) is 5.56 Å². The minimum absolute atomic E-state index is 0.0198. The maximum absolute atomic E-state index is 13.2. The topological polar surface area (TPSA) is 79.9 Å². The molecular weight excluding hydrogens is 377 g/mol. The number of halogens is 3. The molecule has 1 aliphatic rings. The summed E-state index contributed by atoms with van der Waals surface area (Å²) >= 11 is 0. The highest BCUT2D eigenvalue weighted by molar-refractivity contribution is 6.05. The number of carbonyl (C=O) groups is 1. The van der Waals surface area contributed by atoms with Gasteiger partial charge in [0.15, 0.2) is 17.6 Å². The third-order valence-electron chi connectivity index (χ3n) is 4.47. The summed E-state index contributed by atoms with van der Waals surface area (Å²) in [5.41, 5.74) is -0.808. The van der Waals surface area contributed by atoms with Crippen LogP contribution in [0.5, 0.6) is 17.2 Å². The van der Waals surface area contributed by atoms with Crippen LogP contribution in [0.25, 0.3) is 11.3 Å². The molecule has 144 valence electrons. The molecule has 1 unspecified atom stereocenters. The van der Waals surface area contributed by atoms with Gasteiger partial charge in [-0.25, -0.2) is 0 Å². The number of fused-ring (bicyclic) bond motifs is 1. The van der Waals surface area contributed by atoms with E-state index < -0.39 is 35.1 Å². The first-order valence-electron chi connectivity index (χ1n) is 8.27. The van der Waals surface area contributed by atoms with Gasteiger partial charge in [-0.3, -0.25) is 4.79 Å². The highest BCUT2D eigenvalue weighted by Crippen LogP contribution is 2.43. The SMILES string of the molecule is O=C1c2ccc(O)c(O)c2OC1Cc1ccc(-c2ccccc2C(F)(F)F)o1. The quantitative estimate of drug-likeness (QED) is 0.641. The predicted molar refractivity (Wildman–Crippen MR) is 91.4 cm³/mol. The molecule has 1 atom stereocenters. The predicted octanol–water partition coefficient (Wildman–Crippen LogP) is 4.56. The number of ether oxygens (including phenoxy) is 1. The van der Waals surface area contributed by atoms with E-state index in [4.69, 9.17) is 9.15 Å². The molecule has 4 rings (SSSR count). The van der Waals surface area contributed by atoms with Crippen molar-refractivity contribution in [2.75, 3.05) is 0 Å². The van der Waals surface area contributed by atoms with Crippen LogP contribution in [0.3, 0.4) is 0 Å². The number of alkyl halides is 3. The van der Waals surface area contributed by atoms with Crippen molar-refractivity contribution >= 4 is 5.78 Å². The van der Waals surface area contributed by atoms with Gasteiger partial charge in [-0.15, -0.1) is 0 Å². The summed E-state index contributed by atoms with van der Waals surface area (Å²) in [6, 6.07) is 10.4. The first-order chi connectivity index (χ1) is 13.3. The standard InChI is InChI=1S/C20H13F3O5/c21-20(22,23)13-4-2-1-3-11(13)15-8-5-10(27-15)9-16-17(25)12-6-7-14(24)18(26)19(12)28-16/h1-8,16,24,26H,9H2. The number of hydrogen-bond donors (Lipinski definition) is 2. The highest BCUT2D eigenvalue weighted by atomic mass is 19.4. The fraction of sp³-hybridized carbons (Fsp3) is 0.150. The molecule has 0 bridgehead atoms. The first-order valence-corrected chi connectivity index (χ1v) is 8.27. The molecule has 1 aliphatic heterocycles. The van der Waals surface area contributed by atoms with E-state index in [1.807, 2.05) is 0 Å². The number of ketones is 1. The third-order valence-corrected chi connectivity index (χ3v) is 4.47. The van der Waals surface area contributed by atoms with Crippen LogP contribution in [0, 0.1) is 0 Å². The zero-order chi connectivity index (χ0) is 20.1. The van der Waals surface area contributed by atoms with Crippen LogP contribution in [-0.4, -0.2) is 22.1 Å². The minimum Gasteiger partial charge on any atom is -0.504 e. The Labute approximate surface area is 156 Å². The van der Waals surface area contributed by atoms with Crippen molar-refractivity contribution in [2.24, 2.45) is 0 Å². The second kappa shape index (κ2) is 6.33. The van der Waals surface area contributed by atoms with E-state index >= 15 is 0 Å². The summed E-state index contributed by atoms with van der Waals surface area (Å²) in [4.78, 5) is 12.4. The van der Waals surface area contributed by atoms with Gasteiger partial charge in [0.05, 0.1) is 17.5 Å². The smallest absolute Gasteiger partial charge is 0.417 e. The molecule has 0 aliphatic carbocycles. The van der Waals surface area contributed by atoms with E-state index in [0.717, 1.165) is 6.07 Å². The monoisotopic (exact) mass is 390 g/mol. The van der Waals surface area contributed by atoms with Crippen molar-refractivity contribution in [3.8, 4) is 28.6 Å². The Morgan fingerprint density at radius 3 is 2.46 bits per heavy atom. The molecule has 5 nitrogen and oxygen atoms in total. The first kappa shape index (κ1) is 18.0. The summed E-state index contributed by atoms with van der Waals surface area (Å²) in [7, 11) is 0. The Balaban J connectivity index is 1.59. The number of phenolic OH excluding ortho intramolecular Hbond substituents is 2. The molecule has 8 heteroatoms. The molecule has 28 heavy (non-hydrogen) atoms. The Hall–Kier alpha value is -3.42. The molecule has 0 spiro atoms. The Kier molecular flexibility index (Phi) is 4.06. The van der Waals surface area contributed by atoms with Crippen LogP contribution in [0.2, 0.25) is 0 Å². The molecule has 3 aromatic rings. The molecule has 0 radical (unpaired) electrons. The number of furan rings is 1. The normalized spacial score (nSPS) is 16.1. The average molecular weight is 390 g/mol. The third kappa shape index (κ3) is 2.96. The van der Waals surface area contributed by atoms with E-state index in [1.165, 1.54) is 42.5 Å². The van der Waals surface area contributed by atoms with Crippen molar-refractivity contribution in [3.05, 3.63) is 65.4 Å². The van der Waals surface area contributed by atoms with Crippen molar-refractivity contribution < 1.29 is 37.3 Å². The lowest BCUT2D eigenvalue weighted by Gasteiger charge is -2.11. The Morgan fingerprint density at radius 1 is 0.964 bits per heavy atom. The second-order valence-corrected chi connectivity index (χ2v) is 6.29.